The number of aryl methyl sites for hydroxylation is 1. The fourth-order valence-electron chi connectivity index (χ4n) is 2.14. The number of carbonyl (C=O) groups is 1. The van der Waals surface area contributed by atoms with Crippen LogP contribution in [0.25, 0.3) is 11.3 Å². The standard InChI is InChI=1S/C17H14N2O2/c1-11-7-9-13(10-8-11)16(20)15-17(21)14(18-19-15)12-5-3-2-4-6-12/h2-10,21H,1H3,(H,18,19). The summed E-state index contributed by atoms with van der Waals surface area (Å²) in [5, 5.41) is 16.9. The van der Waals surface area contributed by atoms with Crippen molar-refractivity contribution in [2.75, 3.05) is 0 Å². The van der Waals surface area contributed by atoms with Gasteiger partial charge in [-0.25, -0.2) is 0 Å². The van der Waals surface area contributed by atoms with Gasteiger partial charge in [0.15, 0.2) is 5.75 Å². The Morgan fingerprint density at radius 3 is 2.38 bits per heavy atom. The predicted molar refractivity (Wildman–Crippen MR) is 80.3 cm³/mol. The quantitative estimate of drug-likeness (QED) is 0.722. The van der Waals surface area contributed by atoms with Gasteiger partial charge < -0.3 is 5.11 Å². The molecule has 0 saturated heterocycles. The summed E-state index contributed by atoms with van der Waals surface area (Å²) in [6, 6.07) is 16.4. The van der Waals surface area contributed by atoms with E-state index in [1.807, 2.05) is 49.4 Å². The van der Waals surface area contributed by atoms with E-state index in [9.17, 15) is 9.90 Å². The molecule has 21 heavy (non-hydrogen) atoms. The number of benzene rings is 2. The van der Waals surface area contributed by atoms with Crippen LogP contribution in [-0.4, -0.2) is 21.1 Å². The van der Waals surface area contributed by atoms with E-state index in [1.165, 1.54) is 0 Å². The highest BCUT2D eigenvalue weighted by Gasteiger charge is 2.20. The van der Waals surface area contributed by atoms with Crippen molar-refractivity contribution in [2.45, 2.75) is 6.92 Å². The minimum Gasteiger partial charge on any atom is -0.504 e. The number of nitrogens with one attached hydrogen (secondary N) is 1. The maximum absolute atomic E-state index is 12.4. The Labute approximate surface area is 122 Å². The lowest BCUT2D eigenvalue weighted by molar-refractivity contribution is 0.103. The Hall–Kier alpha value is -2.88. The van der Waals surface area contributed by atoms with Crippen molar-refractivity contribution in [1.29, 1.82) is 0 Å². The molecule has 4 heteroatoms. The highest BCUT2D eigenvalue weighted by atomic mass is 16.3. The van der Waals surface area contributed by atoms with Crippen LogP contribution in [0.3, 0.4) is 0 Å². The molecule has 0 aliphatic heterocycles. The topological polar surface area (TPSA) is 66.0 Å². The van der Waals surface area contributed by atoms with Crippen LogP contribution in [0.2, 0.25) is 0 Å². The maximum Gasteiger partial charge on any atom is 0.214 e. The fourth-order valence-corrected chi connectivity index (χ4v) is 2.14. The zero-order valence-corrected chi connectivity index (χ0v) is 11.5. The third kappa shape index (κ3) is 2.43. The second kappa shape index (κ2) is 5.25. The van der Waals surface area contributed by atoms with E-state index in [-0.39, 0.29) is 17.2 Å². The molecule has 3 aromatic rings. The van der Waals surface area contributed by atoms with Gasteiger partial charge in [0.1, 0.15) is 11.4 Å². The van der Waals surface area contributed by atoms with Gasteiger partial charge in [-0.15, -0.1) is 0 Å². The fraction of sp³-hybridized carbons (Fsp3) is 0.0588. The van der Waals surface area contributed by atoms with Crippen molar-refractivity contribution in [3.63, 3.8) is 0 Å². The van der Waals surface area contributed by atoms with Crippen LogP contribution in [0.1, 0.15) is 21.6 Å². The van der Waals surface area contributed by atoms with Crippen LogP contribution in [0.4, 0.5) is 0 Å². The molecule has 3 rings (SSSR count). The second-order valence-electron chi connectivity index (χ2n) is 4.86. The van der Waals surface area contributed by atoms with Gasteiger partial charge in [-0.05, 0) is 6.92 Å². The summed E-state index contributed by atoms with van der Waals surface area (Å²) in [5.41, 5.74) is 2.84. The number of aromatic amines is 1. The van der Waals surface area contributed by atoms with E-state index < -0.39 is 0 Å². The largest absolute Gasteiger partial charge is 0.504 e. The van der Waals surface area contributed by atoms with Crippen LogP contribution < -0.4 is 0 Å². The third-order valence-corrected chi connectivity index (χ3v) is 3.33. The maximum atomic E-state index is 12.4. The van der Waals surface area contributed by atoms with E-state index >= 15 is 0 Å². The monoisotopic (exact) mass is 278 g/mol. The van der Waals surface area contributed by atoms with Crippen molar-refractivity contribution in [1.82, 2.24) is 10.2 Å². The van der Waals surface area contributed by atoms with Gasteiger partial charge in [-0.2, -0.15) is 5.10 Å². The van der Waals surface area contributed by atoms with Gasteiger partial charge in [0.2, 0.25) is 5.78 Å². The Bertz CT molecular complexity index is 774. The molecule has 0 aliphatic rings. The first-order valence-electron chi connectivity index (χ1n) is 6.61. The average molecular weight is 278 g/mol. The number of hydrogen-bond acceptors (Lipinski definition) is 3. The average Bonchev–Trinajstić information content (AvgIpc) is 2.90. The first kappa shape index (κ1) is 13.1. The normalized spacial score (nSPS) is 10.5. The van der Waals surface area contributed by atoms with Crippen LogP contribution in [0, 0.1) is 6.92 Å². The number of aromatic nitrogens is 2. The lowest BCUT2D eigenvalue weighted by atomic mass is 10.0. The molecule has 2 aromatic carbocycles. The summed E-state index contributed by atoms with van der Waals surface area (Å²) in [6.07, 6.45) is 0. The molecule has 0 unspecified atom stereocenters. The lowest BCUT2D eigenvalue weighted by Gasteiger charge is -2.00. The molecule has 0 saturated carbocycles. The first-order valence-corrected chi connectivity index (χ1v) is 6.61. The van der Waals surface area contributed by atoms with Gasteiger partial charge in [0.25, 0.3) is 0 Å². The summed E-state index contributed by atoms with van der Waals surface area (Å²) < 4.78 is 0. The van der Waals surface area contributed by atoms with Crippen LogP contribution >= 0.6 is 0 Å². The lowest BCUT2D eigenvalue weighted by Crippen LogP contribution is -2.02. The van der Waals surface area contributed by atoms with Gasteiger partial charge in [0, 0.05) is 11.1 Å². The number of ketones is 1. The molecule has 0 aliphatic carbocycles. The molecule has 0 radical (unpaired) electrons. The van der Waals surface area contributed by atoms with Crippen LogP contribution in [-0.2, 0) is 0 Å². The molecule has 1 heterocycles. The second-order valence-corrected chi connectivity index (χ2v) is 4.86. The van der Waals surface area contributed by atoms with Crippen molar-refractivity contribution >= 4 is 5.78 Å². The number of aromatic hydroxyl groups is 1. The van der Waals surface area contributed by atoms with Gasteiger partial charge in [-0.1, -0.05) is 60.2 Å². The molecule has 0 fully saturated rings. The van der Waals surface area contributed by atoms with Crippen molar-refractivity contribution in [2.24, 2.45) is 0 Å². The molecule has 104 valence electrons. The minimum atomic E-state index is -0.276. The molecule has 2 N–H and O–H groups in total. The first-order chi connectivity index (χ1) is 10.2. The van der Waals surface area contributed by atoms with Crippen molar-refractivity contribution in [3.05, 3.63) is 71.4 Å². The Balaban J connectivity index is 1.99. The number of hydrogen-bond donors (Lipinski definition) is 2. The van der Waals surface area contributed by atoms with Gasteiger partial charge in [-0.3, -0.25) is 9.89 Å². The number of carbonyl (C=O) groups excluding carboxylic acids is 1. The molecule has 0 atom stereocenters. The summed E-state index contributed by atoms with van der Waals surface area (Å²) in [6.45, 7) is 1.95. The van der Waals surface area contributed by atoms with E-state index in [1.54, 1.807) is 12.1 Å². The number of rotatable bonds is 3. The molecule has 0 spiro atoms. The van der Waals surface area contributed by atoms with Crippen molar-refractivity contribution < 1.29 is 9.90 Å². The van der Waals surface area contributed by atoms with Gasteiger partial charge >= 0.3 is 0 Å². The minimum absolute atomic E-state index is 0.109. The Kier molecular flexibility index (Phi) is 3.28. The van der Waals surface area contributed by atoms with Crippen LogP contribution in [0.5, 0.6) is 5.75 Å². The highest BCUT2D eigenvalue weighted by Crippen LogP contribution is 2.30. The molecular weight excluding hydrogens is 264 g/mol. The Morgan fingerprint density at radius 1 is 1.05 bits per heavy atom. The molecule has 1 aromatic heterocycles. The Morgan fingerprint density at radius 2 is 1.71 bits per heavy atom. The van der Waals surface area contributed by atoms with E-state index in [0.717, 1.165) is 11.1 Å². The highest BCUT2D eigenvalue weighted by molar-refractivity contribution is 6.10. The van der Waals surface area contributed by atoms with Crippen LogP contribution in [0.15, 0.2) is 54.6 Å². The smallest absolute Gasteiger partial charge is 0.214 e. The zero-order chi connectivity index (χ0) is 14.8. The number of H-pyrrole nitrogens is 1. The summed E-state index contributed by atoms with van der Waals surface area (Å²) >= 11 is 0. The number of nitrogens with zero attached hydrogens (tertiary/aromatic N) is 1. The van der Waals surface area contributed by atoms with Crippen molar-refractivity contribution in [3.8, 4) is 17.0 Å². The zero-order valence-electron chi connectivity index (χ0n) is 11.5. The summed E-state index contributed by atoms with van der Waals surface area (Å²) in [4.78, 5) is 12.4. The molecular formula is C17H14N2O2. The molecule has 4 nitrogen and oxygen atoms in total. The van der Waals surface area contributed by atoms with E-state index in [4.69, 9.17) is 0 Å². The third-order valence-electron chi connectivity index (χ3n) is 3.33. The SMILES string of the molecule is Cc1ccc(C(=O)c2[nH]nc(-c3ccccc3)c2O)cc1. The summed E-state index contributed by atoms with van der Waals surface area (Å²) in [5.74, 6) is -0.394. The van der Waals surface area contributed by atoms with E-state index in [2.05, 4.69) is 10.2 Å². The van der Waals surface area contributed by atoms with E-state index in [0.29, 0.717) is 11.3 Å². The van der Waals surface area contributed by atoms with Gasteiger partial charge in [0.05, 0.1) is 0 Å². The molecule has 0 bridgehead atoms. The molecule has 0 amide bonds. The predicted octanol–water partition coefficient (Wildman–Crippen LogP) is 3.32. The summed E-state index contributed by atoms with van der Waals surface area (Å²) in [7, 11) is 0.